The van der Waals surface area contributed by atoms with Gasteiger partial charge < -0.3 is 14.6 Å². The Morgan fingerprint density at radius 2 is 2.38 bits per heavy atom. The lowest BCUT2D eigenvalue weighted by atomic mass is 10.4. The molecule has 1 aromatic heterocycles. The van der Waals surface area contributed by atoms with Gasteiger partial charge in [-0.1, -0.05) is 13.2 Å². The number of amides is 1. The zero-order valence-electron chi connectivity index (χ0n) is 9.06. The van der Waals surface area contributed by atoms with Gasteiger partial charge in [0.15, 0.2) is 0 Å². The Bertz CT molecular complexity index is 346. The van der Waals surface area contributed by atoms with Crippen LogP contribution in [0.2, 0.25) is 0 Å². The number of aromatic nitrogens is 2. The summed E-state index contributed by atoms with van der Waals surface area (Å²) in [6, 6.07) is 0. The number of carbonyl (C=O) groups is 1. The fraction of sp³-hybridized carbons (Fsp3) is 0.273. The van der Waals surface area contributed by atoms with E-state index in [1.807, 2.05) is 0 Å². The van der Waals surface area contributed by atoms with E-state index >= 15 is 0 Å². The number of rotatable bonds is 2. The van der Waals surface area contributed by atoms with Crippen LogP contribution in [-0.2, 0) is 9.53 Å². The standard InChI is InChI=1S/C6H9NO2.C5H6N2/c1-2-7-3-4-9-5-6(7)8;1-2-5-6-3-4-7-5/h2H,1,3-5H2;2-4H,1H2,(H,6,7). The van der Waals surface area contributed by atoms with Crippen molar-refractivity contribution in [2.45, 2.75) is 0 Å². The molecule has 16 heavy (non-hydrogen) atoms. The van der Waals surface area contributed by atoms with Crippen LogP contribution in [0.15, 0.2) is 31.8 Å². The Morgan fingerprint density at radius 3 is 2.75 bits per heavy atom. The van der Waals surface area contributed by atoms with Crippen molar-refractivity contribution in [3.63, 3.8) is 0 Å². The van der Waals surface area contributed by atoms with Crippen LogP contribution < -0.4 is 0 Å². The van der Waals surface area contributed by atoms with Crippen molar-refractivity contribution < 1.29 is 9.53 Å². The highest BCUT2D eigenvalue weighted by Crippen LogP contribution is 1.97. The van der Waals surface area contributed by atoms with E-state index in [9.17, 15) is 4.79 Å². The molecule has 1 aromatic rings. The number of morpholine rings is 1. The summed E-state index contributed by atoms with van der Waals surface area (Å²) in [6.07, 6.45) is 6.65. The Morgan fingerprint density at radius 1 is 1.56 bits per heavy atom. The van der Waals surface area contributed by atoms with Crippen LogP contribution in [0.4, 0.5) is 0 Å². The highest BCUT2D eigenvalue weighted by atomic mass is 16.5. The van der Waals surface area contributed by atoms with Gasteiger partial charge in [-0.3, -0.25) is 4.79 Å². The van der Waals surface area contributed by atoms with E-state index < -0.39 is 0 Å². The summed E-state index contributed by atoms with van der Waals surface area (Å²) in [6.45, 7) is 8.46. The molecule has 0 aliphatic carbocycles. The van der Waals surface area contributed by atoms with Crippen molar-refractivity contribution in [2.24, 2.45) is 0 Å². The van der Waals surface area contributed by atoms with Gasteiger partial charge in [0.1, 0.15) is 12.4 Å². The number of carbonyl (C=O) groups excluding carboxylic acids is 1. The highest BCUT2D eigenvalue weighted by Gasteiger charge is 2.14. The predicted molar refractivity (Wildman–Crippen MR) is 61.4 cm³/mol. The number of nitrogens with one attached hydrogen (secondary N) is 1. The van der Waals surface area contributed by atoms with Crippen LogP contribution >= 0.6 is 0 Å². The van der Waals surface area contributed by atoms with Gasteiger partial charge in [0.25, 0.3) is 5.91 Å². The van der Waals surface area contributed by atoms with Gasteiger partial charge in [0.05, 0.1) is 6.61 Å². The monoisotopic (exact) mass is 221 g/mol. The fourth-order valence-corrected chi connectivity index (χ4v) is 1.11. The lowest BCUT2D eigenvalue weighted by Crippen LogP contribution is -2.37. The fourth-order valence-electron chi connectivity index (χ4n) is 1.11. The zero-order chi connectivity index (χ0) is 11.8. The minimum atomic E-state index is -0.00347. The SMILES string of the molecule is C=CN1CCOCC1=O.C=Cc1ncc[nH]1. The number of H-pyrrole nitrogens is 1. The quantitative estimate of drug-likeness (QED) is 0.811. The zero-order valence-corrected chi connectivity index (χ0v) is 9.06. The van der Waals surface area contributed by atoms with Gasteiger partial charge in [0, 0.05) is 18.9 Å². The van der Waals surface area contributed by atoms with Crippen molar-refractivity contribution in [2.75, 3.05) is 19.8 Å². The Kier molecular flexibility index (Phi) is 5.01. The first-order valence-corrected chi connectivity index (χ1v) is 4.89. The van der Waals surface area contributed by atoms with Gasteiger partial charge in [-0.2, -0.15) is 0 Å². The van der Waals surface area contributed by atoms with Crippen LogP contribution in [0.1, 0.15) is 5.82 Å². The molecule has 1 fully saturated rings. The van der Waals surface area contributed by atoms with Crippen LogP contribution in [0, 0.1) is 0 Å². The summed E-state index contributed by atoms with van der Waals surface area (Å²) < 4.78 is 4.87. The lowest BCUT2D eigenvalue weighted by Gasteiger charge is -2.22. The van der Waals surface area contributed by atoms with E-state index in [0.29, 0.717) is 13.2 Å². The summed E-state index contributed by atoms with van der Waals surface area (Å²) in [5.74, 6) is 0.816. The van der Waals surface area contributed by atoms with Crippen molar-refractivity contribution in [3.05, 3.63) is 37.6 Å². The molecule has 0 aromatic carbocycles. The number of nitrogens with zero attached hydrogens (tertiary/aromatic N) is 2. The Labute approximate surface area is 94.4 Å². The maximum atomic E-state index is 10.8. The average molecular weight is 221 g/mol. The van der Waals surface area contributed by atoms with E-state index in [4.69, 9.17) is 4.74 Å². The smallest absolute Gasteiger partial charge is 0.252 e. The minimum absolute atomic E-state index is 0.00347. The van der Waals surface area contributed by atoms with Gasteiger partial charge in [0.2, 0.25) is 0 Å². The second-order valence-electron chi connectivity index (χ2n) is 3.00. The summed E-state index contributed by atoms with van der Waals surface area (Å²) in [4.78, 5) is 19.0. The third-order valence-corrected chi connectivity index (χ3v) is 1.96. The van der Waals surface area contributed by atoms with E-state index in [1.54, 1.807) is 23.4 Å². The highest BCUT2D eigenvalue weighted by molar-refractivity contribution is 5.78. The first-order chi connectivity index (χ1) is 7.77. The Balaban J connectivity index is 0.000000165. The first-order valence-electron chi connectivity index (χ1n) is 4.89. The van der Waals surface area contributed by atoms with Crippen molar-refractivity contribution >= 4 is 12.0 Å². The molecule has 5 heteroatoms. The van der Waals surface area contributed by atoms with E-state index in [-0.39, 0.29) is 12.5 Å². The summed E-state index contributed by atoms with van der Waals surface area (Å²) in [5, 5.41) is 0. The number of hydrogen-bond acceptors (Lipinski definition) is 3. The molecule has 0 atom stereocenters. The minimum Gasteiger partial charge on any atom is -0.370 e. The maximum Gasteiger partial charge on any atom is 0.252 e. The largest absolute Gasteiger partial charge is 0.370 e. The average Bonchev–Trinajstić information content (AvgIpc) is 2.83. The summed E-state index contributed by atoms with van der Waals surface area (Å²) in [7, 11) is 0. The normalized spacial score (nSPS) is 15.0. The molecule has 1 amide bonds. The van der Waals surface area contributed by atoms with E-state index in [1.165, 1.54) is 6.20 Å². The van der Waals surface area contributed by atoms with Gasteiger partial charge in [-0.05, 0) is 12.3 Å². The van der Waals surface area contributed by atoms with Crippen molar-refractivity contribution in [1.29, 1.82) is 0 Å². The van der Waals surface area contributed by atoms with Crippen LogP contribution in [-0.4, -0.2) is 40.5 Å². The number of aromatic amines is 1. The van der Waals surface area contributed by atoms with Crippen LogP contribution in [0.3, 0.4) is 0 Å². The third kappa shape index (κ3) is 3.70. The molecule has 1 aliphatic rings. The van der Waals surface area contributed by atoms with Gasteiger partial charge in [-0.25, -0.2) is 4.98 Å². The molecule has 86 valence electrons. The number of hydrogen-bond donors (Lipinski definition) is 1. The molecule has 1 aliphatic heterocycles. The van der Waals surface area contributed by atoms with Gasteiger partial charge >= 0.3 is 0 Å². The molecule has 0 radical (unpaired) electrons. The van der Waals surface area contributed by atoms with Crippen LogP contribution in [0.5, 0.6) is 0 Å². The summed E-state index contributed by atoms with van der Waals surface area (Å²) >= 11 is 0. The topological polar surface area (TPSA) is 58.2 Å². The molecule has 0 unspecified atom stereocenters. The molecule has 0 saturated carbocycles. The van der Waals surface area contributed by atoms with Crippen LogP contribution in [0.25, 0.3) is 6.08 Å². The second kappa shape index (κ2) is 6.58. The molecule has 2 rings (SSSR count). The van der Waals surface area contributed by atoms with Crippen molar-refractivity contribution in [3.8, 4) is 0 Å². The third-order valence-electron chi connectivity index (χ3n) is 1.96. The lowest BCUT2D eigenvalue weighted by molar-refractivity contribution is -0.139. The molecule has 5 nitrogen and oxygen atoms in total. The second-order valence-corrected chi connectivity index (χ2v) is 3.00. The molecule has 0 spiro atoms. The molecular weight excluding hydrogens is 206 g/mol. The molecule has 1 saturated heterocycles. The predicted octanol–water partition coefficient (Wildman–Crippen LogP) is 1.04. The Hall–Kier alpha value is -1.88. The van der Waals surface area contributed by atoms with Crippen molar-refractivity contribution in [1.82, 2.24) is 14.9 Å². The first kappa shape index (κ1) is 12.2. The van der Waals surface area contributed by atoms with Gasteiger partial charge in [-0.15, -0.1) is 0 Å². The maximum absolute atomic E-state index is 10.8. The molecule has 1 N–H and O–H groups in total. The van der Waals surface area contributed by atoms with E-state index in [2.05, 4.69) is 23.1 Å². The number of imidazole rings is 1. The molecular formula is C11H15N3O2. The molecule has 2 heterocycles. The number of ether oxygens (including phenoxy) is 1. The van der Waals surface area contributed by atoms with E-state index in [0.717, 1.165) is 5.82 Å². The summed E-state index contributed by atoms with van der Waals surface area (Å²) in [5.41, 5.74) is 0. The molecule has 0 bridgehead atoms.